The van der Waals surface area contributed by atoms with Crippen molar-refractivity contribution < 1.29 is 19.4 Å². The standard InChI is InChI=1S/C14H20O4/c1-17-14(18-2)12(16)9-6-7-13(14)10(8-9)4-3-5-11(13)15/h6-7,9-11,15H,3-5,8H2,1-2H3/t9-,10+,11+,13+/m0/s1. The van der Waals surface area contributed by atoms with Crippen LogP contribution in [-0.2, 0) is 14.3 Å². The van der Waals surface area contributed by atoms with Gasteiger partial charge in [0.25, 0.3) is 0 Å². The normalized spacial score (nSPS) is 45.1. The Labute approximate surface area is 107 Å². The molecule has 0 amide bonds. The number of ether oxygens (including phenoxy) is 2. The third-order valence-electron chi connectivity index (χ3n) is 5.21. The van der Waals surface area contributed by atoms with Crippen molar-refractivity contribution in [1.29, 1.82) is 0 Å². The van der Waals surface area contributed by atoms with Crippen LogP contribution in [0.25, 0.3) is 0 Å². The summed E-state index contributed by atoms with van der Waals surface area (Å²) >= 11 is 0. The highest BCUT2D eigenvalue weighted by Gasteiger charge is 2.70. The monoisotopic (exact) mass is 252 g/mol. The predicted molar refractivity (Wildman–Crippen MR) is 64.8 cm³/mol. The summed E-state index contributed by atoms with van der Waals surface area (Å²) in [4.78, 5) is 12.6. The number of hydrogen-bond acceptors (Lipinski definition) is 4. The molecule has 100 valence electrons. The Morgan fingerprint density at radius 2 is 2.06 bits per heavy atom. The maximum Gasteiger partial charge on any atom is 0.241 e. The lowest BCUT2D eigenvalue weighted by Crippen LogP contribution is -2.71. The van der Waals surface area contributed by atoms with Gasteiger partial charge in [-0.25, -0.2) is 0 Å². The van der Waals surface area contributed by atoms with Crippen molar-refractivity contribution in [3.8, 4) is 0 Å². The van der Waals surface area contributed by atoms with Crippen molar-refractivity contribution in [3.05, 3.63) is 12.2 Å². The summed E-state index contributed by atoms with van der Waals surface area (Å²) in [6.45, 7) is 0. The molecule has 0 aromatic carbocycles. The third kappa shape index (κ3) is 1.14. The van der Waals surface area contributed by atoms with Crippen LogP contribution in [0.2, 0.25) is 0 Å². The van der Waals surface area contributed by atoms with Crippen molar-refractivity contribution in [2.24, 2.45) is 17.3 Å². The van der Waals surface area contributed by atoms with Gasteiger partial charge in [-0.05, 0) is 25.2 Å². The molecule has 4 aliphatic rings. The lowest BCUT2D eigenvalue weighted by atomic mass is 9.49. The molecule has 2 saturated carbocycles. The Morgan fingerprint density at radius 1 is 1.33 bits per heavy atom. The lowest BCUT2D eigenvalue weighted by molar-refractivity contribution is -0.300. The van der Waals surface area contributed by atoms with E-state index in [-0.39, 0.29) is 17.6 Å². The van der Waals surface area contributed by atoms with E-state index in [1.54, 1.807) is 0 Å². The molecule has 4 aliphatic carbocycles. The topological polar surface area (TPSA) is 55.8 Å². The highest BCUT2D eigenvalue weighted by molar-refractivity contribution is 5.93. The van der Waals surface area contributed by atoms with Gasteiger partial charge in [-0.1, -0.05) is 18.6 Å². The molecule has 0 unspecified atom stereocenters. The molecule has 0 radical (unpaired) electrons. The molecule has 4 rings (SSSR count). The van der Waals surface area contributed by atoms with E-state index >= 15 is 0 Å². The van der Waals surface area contributed by atoms with Gasteiger partial charge in [0.2, 0.25) is 5.79 Å². The fraction of sp³-hybridized carbons (Fsp3) is 0.786. The second-order valence-electron chi connectivity index (χ2n) is 5.67. The zero-order valence-electron chi connectivity index (χ0n) is 10.9. The zero-order chi connectivity index (χ0) is 13.0. The molecular weight excluding hydrogens is 232 g/mol. The van der Waals surface area contributed by atoms with Crippen LogP contribution in [0.4, 0.5) is 0 Å². The van der Waals surface area contributed by atoms with E-state index in [0.717, 1.165) is 19.3 Å². The van der Waals surface area contributed by atoms with Crippen LogP contribution in [0.3, 0.4) is 0 Å². The molecule has 2 bridgehead atoms. The summed E-state index contributed by atoms with van der Waals surface area (Å²) in [6.07, 6.45) is 6.91. The van der Waals surface area contributed by atoms with Crippen LogP contribution in [-0.4, -0.2) is 37.0 Å². The Bertz CT molecular complexity index is 399. The van der Waals surface area contributed by atoms with Gasteiger partial charge in [0.15, 0.2) is 5.78 Å². The number of fused-ring (bicyclic) bond motifs is 1. The maximum atomic E-state index is 12.6. The van der Waals surface area contributed by atoms with Crippen molar-refractivity contribution in [3.63, 3.8) is 0 Å². The molecule has 1 spiro atoms. The fourth-order valence-electron chi connectivity index (χ4n) is 4.42. The van der Waals surface area contributed by atoms with Gasteiger partial charge in [-0.3, -0.25) is 4.79 Å². The van der Waals surface area contributed by atoms with Crippen LogP contribution >= 0.6 is 0 Å². The predicted octanol–water partition coefficient (Wildman–Crippen LogP) is 1.28. The van der Waals surface area contributed by atoms with Gasteiger partial charge in [0, 0.05) is 20.1 Å². The molecular formula is C14H20O4. The average Bonchev–Trinajstić information content (AvgIpc) is 2.40. The Kier molecular flexibility index (Phi) is 2.66. The molecule has 18 heavy (non-hydrogen) atoms. The first-order valence-corrected chi connectivity index (χ1v) is 6.64. The largest absolute Gasteiger partial charge is 0.392 e. The minimum absolute atomic E-state index is 0.0350. The first kappa shape index (κ1) is 12.3. The van der Waals surface area contributed by atoms with Crippen LogP contribution in [0, 0.1) is 17.3 Å². The number of Topliss-reactive ketones (excluding diaryl/α,β-unsaturated/α-hetero) is 1. The molecule has 4 nitrogen and oxygen atoms in total. The van der Waals surface area contributed by atoms with Crippen molar-refractivity contribution in [2.45, 2.75) is 37.6 Å². The number of hydrogen-bond donors (Lipinski definition) is 1. The number of allylic oxidation sites excluding steroid dienone is 1. The summed E-state index contributed by atoms with van der Waals surface area (Å²) in [6, 6.07) is 0. The smallest absolute Gasteiger partial charge is 0.241 e. The van der Waals surface area contributed by atoms with Gasteiger partial charge in [-0.15, -0.1) is 0 Å². The van der Waals surface area contributed by atoms with Crippen molar-refractivity contribution in [1.82, 2.24) is 0 Å². The molecule has 1 N–H and O–H groups in total. The molecule has 0 heterocycles. The van der Waals surface area contributed by atoms with E-state index in [1.165, 1.54) is 14.2 Å². The number of aliphatic hydroxyl groups is 1. The van der Waals surface area contributed by atoms with E-state index < -0.39 is 17.3 Å². The van der Waals surface area contributed by atoms with Crippen LogP contribution < -0.4 is 0 Å². The highest BCUT2D eigenvalue weighted by atomic mass is 16.7. The summed E-state index contributed by atoms with van der Waals surface area (Å²) in [5.41, 5.74) is -0.694. The number of carbonyl (C=O) groups is 1. The van der Waals surface area contributed by atoms with E-state index in [1.807, 2.05) is 12.2 Å². The van der Waals surface area contributed by atoms with E-state index in [0.29, 0.717) is 6.42 Å². The first-order chi connectivity index (χ1) is 8.62. The van der Waals surface area contributed by atoms with E-state index in [2.05, 4.69) is 0 Å². The zero-order valence-corrected chi connectivity index (χ0v) is 10.9. The average molecular weight is 252 g/mol. The summed E-state index contributed by atoms with van der Waals surface area (Å²) in [7, 11) is 3.01. The Morgan fingerprint density at radius 3 is 2.72 bits per heavy atom. The van der Waals surface area contributed by atoms with Crippen molar-refractivity contribution in [2.75, 3.05) is 14.2 Å². The minimum atomic E-state index is -1.30. The van der Waals surface area contributed by atoms with E-state index in [4.69, 9.17) is 9.47 Å². The number of aliphatic hydroxyl groups excluding tert-OH is 1. The fourth-order valence-corrected chi connectivity index (χ4v) is 4.42. The first-order valence-electron chi connectivity index (χ1n) is 6.64. The number of ketones is 1. The van der Waals surface area contributed by atoms with Gasteiger partial charge in [0.05, 0.1) is 11.5 Å². The van der Waals surface area contributed by atoms with Crippen molar-refractivity contribution >= 4 is 5.78 Å². The molecule has 0 aliphatic heterocycles. The minimum Gasteiger partial charge on any atom is -0.392 e. The summed E-state index contributed by atoms with van der Waals surface area (Å²) < 4.78 is 11.0. The van der Waals surface area contributed by atoms with Gasteiger partial charge in [-0.2, -0.15) is 0 Å². The number of methoxy groups -OCH3 is 2. The highest BCUT2D eigenvalue weighted by Crippen LogP contribution is 2.61. The van der Waals surface area contributed by atoms with Crippen LogP contribution in [0.15, 0.2) is 12.2 Å². The SMILES string of the molecule is COC1(OC)C(=O)[C@H]2C=C[C@]13[C@H](CCC[C@H]3O)C2. The molecule has 0 saturated heterocycles. The molecule has 4 heteroatoms. The molecule has 4 atom stereocenters. The Balaban J connectivity index is 2.19. The lowest BCUT2D eigenvalue weighted by Gasteiger charge is -2.60. The second-order valence-corrected chi connectivity index (χ2v) is 5.67. The van der Waals surface area contributed by atoms with Gasteiger partial charge < -0.3 is 14.6 Å². The van der Waals surface area contributed by atoms with Crippen LogP contribution in [0.5, 0.6) is 0 Å². The maximum absolute atomic E-state index is 12.6. The molecule has 0 aromatic rings. The van der Waals surface area contributed by atoms with Gasteiger partial charge in [0.1, 0.15) is 0 Å². The number of rotatable bonds is 2. The Hall–Kier alpha value is -0.710. The van der Waals surface area contributed by atoms with E-state index in [9.17, 15) is 9.90 Å². The third-order valence-corrected chi connectivity index (χ3v) is 5.21. The number of carbonyl (C=O) groups excluding carboxylic acids is 1. The summed E-state index contributed by atoms with van der Waals surface area (Å²) in [5, 5.41) is 10.5. The molecule has 0 aromatic heterocycles. The van der Waals surface area contributed by atoms with Crippen LogP contribution in [0.1, 0.15) is 25.7 Å². The summed E-state index contributed by atoms with van der Waals surface area (Å²) in [5.74, 6) is -1.18. The quantitative estimate of drug-likeness (QED) is 0.594. The second kappa shape index (κ2) is 3.89. The molecule has 2 fully saturated rings. The van der Waals surface area contributed by atoms with Gasteiger partial charge >= 0.3 is 0 Å².